The van der Waals surface area contributed by atoms with Gasteiger partial charge in [0, 0.05) is 6.04 Å². The molecular weight excluding hydrogens is 256 g/mol. The summed E-state index contributed by atoms with van der Waals surface area (Å²) in [7, 11) is 0. The van der Waals surface area contributed by atoms with Gasteiger partial charge in [0.05, 0.1) is 0 Å². The third kappa shape index (κ3) is 4.16. The van der Waals surface area contributed by atoms with Gasteiger partial charge in [-0.15, -0.1) is 0 Å². The topological polar surface area (TPSA) is 38.0 Å². The molecule has 0 saturated heterocycles. The standard InChI is InChI=1S/C19H26N2/c1-4-6-16-7-5-8-17(12-16)19(21-20)13-18-11-14(2)9-10-15(18)3/h5,7-12,19,21H,4,6,13,20H2,1-3H3. The van der Waals surface area contributed by atoms with Crippen LogP contribution < -0.4 is 11.3 Å². The molecular formula is C19H26N2. The maximum absolute atomic E-state index is 5.81. The normalized spacial score (nSPS) is 12.4. The molecule has 2 aromatic carbocycles. The number of aryl methyl sites for hydroxylation is 3. The van der Waals surface area contributed by atoms with Gasteiger partial charge in [0.1, 0.15) is 0 Å². The molecule has 0 radical (unpaired) electrons. The fourth-order valence-corrected chi connectivity index (χ4v) is 2.77. The summed E-state index contributed by atoms with van der Waals surface area (Å²) in [6, 6.07) is 15.5. The van der Waals surface area contributed by atoms with E-state index in [9.17, 15) is 0 Å². The molecule has 0 amide bonds. The summed E-state index contributed by atoms with van der Waals surface area (Å²) in [5.41, 5.74) is 9.62. The van der Waals surface area contributed by atoms with E-state index in [0.29, 0.717) is 0 Å². The van der Waals surface area contributed by atoms with Gasteiger partial charge in [0.25, 0.3) is 0 Å². The van der Waals surface area contributed by atoms with Crippen molar-refractivity contribution in [2.45, 2.75) is 46.1 Å². The molecule has 21 heavy (non-hydrogen) atoms. The fourth-order valence-electron chi connectivity index (χ4n) is 2.77. The maximum atomic E-state index is 5.81. The summed E-state index contributed by atoms with van der Waals surface area (Å²) < 4.78 is 0. The zero-order valence-electron chi connectivity index (χ0n) is 13.3. The van der Waals surface area contributed by atoms with Crippen LogP contribution in [0, 0.1) is 13.8 Å². The van der Waals surface area contributed by atoms with Gasteiger partial charge in [-0.1, -0.05) is 61.4 Å². The Bertz CT molecular complexity index is 590. The van der Waals surface area contributed by atoms with Crippen LogP contribution in [-0.2, 0) is 12.8 Å². The third-order valence-corrected chi connectivity index (χ3v) is 4.02. The van der Waals surface area contributed by atoms with E-state index in [-0.39, 0.29) is 6.04 Å². The molecule has 2 nitrogen and oxygen atoms in total. The lowest BCUT2D eigenvalue weighted by molar-refractivity contribution is 0.550. The summed E-state index contributed by atoms with van der Waals surface area (Å²) in [6.07, 6.45) is 3.20. The lowest BCUT2D eigenvalue weighted by Gasteiger charge is -2.19. The molecule has 0 fully saturated rings. The van der Waals surface area contributed by atoms with Gasteiger partial charge < -0.3 is 0 Å². The van der Waals surface area contributed by atoms with E-state index < -0.39 is 0 Å². The Kier molecular flexibility index (Phi) is 5.54. The van der Waals surface area contributed by atoms with Crippen LogP contribution >= 0.6 is 0 Å². The van der Waals surface area contributed by atoms with Crippen molar-refractivity contribution in [1.82, 2.24) is 5.43 Å². The minimum atomic E-state index is 0.155. The Morgan fingerprint density at radius 2 is 1.90 bits per heavy atom. The Hall–Kier alpha value is -1.64. The average Bonchev–Trinajstić information content (AvgIpc) is 2.49. The monoisotopic (exact) mass is 282 g/mol. The molecule has 0 aliphatic rings. The molecule has 0 spiro atoms. The minimum absolute atomic E-state index is 0.155. The Morgan fingerprint density at radius 1 is 1.10 bits per heavy atom. The number of rotatable bonds is 6. The van der Waals surface area contributed by atoms with Crippen LogP contribution in [-0.4, -0.2) is 0 Å². The highest BCUT2D eigenvalue weighted by Gasteiger charge is 2.12. The van der Waals surface area contributed by atoms with Gasteiger partial charge in [0.2, 0.25) is 0 Å². The molecule has 0 aliphatic carbocycles. The highest BCUT2D eigenvalue weighted by molar-refractivity contribution is 5.33. The van der Waals surface area contributed by atoms with Crippen molar-refractivity contribution < 1.29 is 0 Å². The largest absolute Gasteiger partial charge is 0.271 e. The minimum Gasteiger partial charge on any atom is -0.271 e. The van der Waals surface area contributed by atoms with Crippen molar-refractivity contribution in [3.63, 3.8) is 0 Å². The SMILES string of the molecule is CCCc1cccc(C(Cc2cc(C)ccc2C)NN)c1. The molecule has 0 bridgehead atoms. The van der Waals surface area contributed by atoms with E-state index >= 15 is 0 Å². The van der Waals surface area contributed by atoms with E-state index in [1.807, 2.05) is 0 Å². The molecule has 2 aromatic rings. The zero-order chi connectivity index (χ0) is 15.2. The molecule has 0 saturated carbocycles. The maximum Gasteiger partial charge on any atom is 0.0500 e. The molecule has 112 valence electrons. The van der Waals surface area contributed by atoms with Crippen LogP contribution in [0.3, 0.4) is 0 Å². The first-order valence-corrected chi connectivity index (χ1v) is 7.75. The van der Waals surface area contributed by atoms with Crippen LogP contribution in [0.1, 0.15) is 47.2 Å². The Labute approximate surface area is 128 Å². The summed E-state index contributed by atoms with van der Waals surface area (Å²) in [5, 5.41) is 0. The van der Waals surface area contributed by atoms with Crippen LogP contribution in [0.5, 0.6) is 0 Å². The lowest BCUT2D eigenvalue weighted by Crippen LogP contribution is -2.29. The highest BCUT2D eigenvalue weighted by atomic mass is 15.2. The summed E-state index contributed by atoms with van der Waals surface area (Å²) in [4.78, 5) is 0. The second-order valence-corrected chi connectivity index (χ2v) is 5.85. The van der Waals surface area contributed by atoms with Gasteiger partial charge in [-0.2, -0.15) is 0 Å². The average molecular weight is 282 g/mol. The quantitative estimate of drug-likeness (QED) is 0.621. The van der Waals surface area contributed by atoms with Gasteiger partial charge in [0.15, 0.2) is 0 Å². The Morgan fingerprint density at radius 3 is 2.62 bits per heavy atom. The molecule has 1 atom stereocenters. The van der Waals surface area contributed by atoms with Crippen LogP contribution in [0.25, 0.3) is 0 Å². The fraction of sp³-hybridized carbons (Fsp3) is 0.368. The number of nitrogens with one attached hydrogen (secondary N) is 1. The lowest BCUT2D eigenvalue weighted by atomic mass is 9.94. The molecule has 2 heteroatoms. The van der Waals surface area contributed by atoms with Crippen molar-refractivity contribution in [2.24, 2.45) is 5.84 Å². The van der Waals surface area contributed by atoms with E-state index in [1.54, 1.807) is 0 Å². The van der Waals surface area contributed by atoms with Crippen molar-refractivity contribution >= 4 is 0 Å². The molecule has 1 unspecified atom stereocenters. The van der Waals surface area contributed by atoms with Crippen molar-refractivity contribution in [1.29, 1.82) is 0 Å². The molecule has 3 N–H and O–H groups in total. The van der Waals surface area contributed by atoms with Crippen molar-refractivity contribution in [2.75, 3.05) is 0 Å². The predicted molar refractivity (Wildman–Crippen MR) is 90.1 cm³/mol. The molecule has 2 rings (SSSR count). The second kappa shape index (κ2) is 7.39. The van der Waals surface area contributed by atoms with Crippen LogP contribution in [0.4, 0.5) is 0 Å². The first-order chi connectivity index (χ1) is 10.1. The smallest absolute Gasteiger partial charge is 0.0500 e. The zero-order valence-corrected chi connectivity index (χ0v) is 13.3. The van der Waals surface area contributed by atoms with E-state index in [4.69, 9.17) is 5.84 Å². The highest BCUT2D eigenvalue weighted by Crippen LogP contribution is 2.22. The Balaban J connectivity index is 2.23. The number of hydrazine groups is 1. The third-order valence-electron chi connectivity index (χ3n) is 4.02. The summed E-state index contributed by atoms with van der Waals surface area (Å²) in [5.74, 6) is 5.81. The van der Waals surface area contributed by atoms with Crippen LogP contribution in [0.15, 0.2) is 42.5 Å². The molecule has 0 heterocycles. The van der Waals surface area contributed by atoms with Gasteiger partial charge >= 0.3 is 0 Å². The van der Waals surface area contributed by atoms with Crippen LogP contribution in [0.2, 0.25) is 0 Å². The van der Waals surface area contributed by atoms with Crippen molar-refractivity contribution in [3.05, 3.63) is 70.3 Å². The van der Waals surface area contributed by atoms with Gasteiger partial charge in [-0.3, -0.25) is 11.3 Å². The van der Waals surface area contributed by atoms with Crippen molar-refractivity contribution in [3.8, 4) is 0 Å². The molecule has 0 aromatic heterocycles. The summed E-state index contributed by atoms with van der Waals surface area (Å²) in [6.45, 7) is 6.51. The van der Waals surface area contributed by atoms with E-state index in [1.165, 1.54) is 34.2 Å². The number of hydrogen-bond donors (Lipinski definition) is 2. The predicted octanol–water partition coefficient (Wildman–Crippen LogP) is 4.00. The molecule has 0 aliphatic heterocycles. The number of benzene rings is 2. The van der Waals surface area contributed by atoms with Gasteiger partial charge in [-0.05, 0) is 48.9 Å². The first-order valence-electron chi connectivity index (χ1n) is 7.75. The number of hydrogen-bond acceptors (Lipinski definition) is 2. The van der Waals surface area contributed by atoms with Gasteiger partial charge in [-0.25, -0.2) is 0 Å². The first kappa shape index (κ1) is 15.7. The number of nitrogens with two attached hydrogens (primary N) is 1. The van der Waals surface area contributed by atoms with E-state index in [2.05, 4.69) is 68.7 Å². The summed E-state index contributed by atoms with van der Waals surface area (Å²) >= 11 is 0. The van der Waals surface area contributed by atoms with E-state index in [0.717, 1.165) is 12.8 Å². The second-order valence-electron chi connectivity index (χ2n) is 5.85.